The zero-order valence-corrected chi connectivity index (χ0v) is 24.7. The molecule has 2 fully saturated rings. The van der Waals surface area contributed by atoms with Crippen LogP contribution in [0, 0.1) is 17.2 Å². The molecule has 0 radical (unpaired) electrons. The normalized spacial score (nSPS) is 17.2. The van der Waals surface area contributed by atoms with Crippen molar-refractivity contribution < 1.29 is 14.0 Å². The number of piperidine rings is 2. The lowest BCUT2D eigenvalue weighted by atomic mass is 9.89. The number of aromatic nitrogens is 2. The number of ketones is 1. The van der Waals surface area contributed by atoms with Crippen LogP contribution in [0.5, 0.6) is 0 Å². The van der Waals surface area contributed by atoms with Crippen LogP contribution in [0.1, 0.15) is 58.5 Å². The molecule has 9 heteroatoms. The number of carbonyl (C=O) groups is 2. The minimum absolute atomic E-state index is 0.0852. The standard InChI is InChI=1S/C34H38N6O3/c1-38-21-27(20-36-38)23-39-12-8-28(9-13-39)31(41)17-26-6-7-32-29(16-26)18-33(43-32)34(42)37-30-10-14-40(15-11-30)22-25-4-2-24(19-35)3-5-25/h2-7,16,18,20-21,28,30H,8-15,17,22-23H2,1H3,(H,37,42). The smallest absolute Gasteiger partial charge is 0.287 e. The Morgan fingerprint density at radius 3 is 2.28 bits per heavy atom. The summed E-state index contributed by atoms with van der Waals surface area (Å²) in [5, 5.41) is 17.2. The highest BCUT2D eigenvalue weighted by Gasteiger charge is 2.26. The van der Waals surface area contributed by atoms with Crippen molar-refractivity contribution in [3.63, 3.8) is 0 Å². The summed E-state index contributed by atoms with van der Waals surface area (Å²) in [6.45, 7) is 5.34. The molecule has 4 aromatic rings. The van der Waals surface area contributed by atoms with E-state index in [0.717, 1.165) is 75.9 Å². The van der Waals surface area contributed by atoms with Crippen molar-refractivity contribution >= 4 is 22.7 Å². The van der Waals surface area contributed by atoms with Crippen LogP contribution in [-0.2, 0) is 31.4 Å². The van der Waals surface area contributed by atoms with Crippen LogP contribution in [0.25, 0.3) is 11.0 Å². The average Bonchev–Trinajstić information content (AvgIpc) is 3.64. The number of benzene rings is 2. The maximum Gasteiger partial charge on any atom is 0.287 e. The van der Waals surface area contributed by atoms with Crippen molar-refractivity contribution in [2.45, 2.75) is 51.2 Å². The highest BCUT2D eigenvalue weighted by molar-refractivity contribution is 5.96. The molecule has 2 saturated heterocycles. The van der Waals surface area contributed by atoms with Crippen molar-refractivity contribution in [2.24, 2.45) is 13.0 Å². The number of amides is 1. The molecule has 0 spiro atoms. The fraction of sp³-hybridized carbons (Fsp3) is 0.412. The van der Waals surface area contributed by atoms with E-state index in [9.17, 15) is 9.59 Å². The third-order valence-corrected chi connectivity index (χ3v) is 8.80. The summed E-state index contributed by atoms with van der Waals surface area (Å²) in [5.74, 6) is 0.478. The van der Waals surface area contributed by atoms with Gasteiger partial charge in [0.2, 0.25) is 0 Å². The molecule has 4 heterocycles. The van der Waals surface area contributed by atoms with Gasteiger partial charge in [0.05, 0.1) is 17.8 Å². The third kappa shape index (κ3) is 7.22. The van der Waals surface area contributed by atoms with E-state index in [4.69, 9.17) is 9.68 Å². The van der Waals surface area contributed by atoms with Gasteiger partial charge in [0.15, 0.2) is 5.76 Å². The van der Waals surface area contributed by atoms with E-state index < -0.39 is 0 Å². The van der Waals surface area contributed by atoms with Crippen molar-refractivity contribution in [1.82, 2.24) is 24.9 Å². The predicted octanol–water partition coefficient (Wildman–Crippen LogP) is 4.46. The molecule has 6 rings (SSSR count). The van der Waals surface area contributed by atoms with Crippen LogP contribution in [0.2, 0.25) is 0 Å². The molecule has 0 atom stereocenters. The summed E-state index contributed by atoms with van der Waals surface area (Å²) < 4.78 is 7.71. The first kappa shape index (κ1) is 28.8. The molecule has 1 N–H and O–H groups in total. The molecule has 222 valence electrons. The molecule has 2 aliphatic rings. The topological polar surface area (TPSA) is 107 Å². The lowest BCUT2D eigenvalue weighted by Crippen LogP contribution is -2.44. The van der Waals surface area contributed by atoms with E-state index >= 15 is 0 Å². The van der Waals surface area contributed by atoms with Crippen molar-refractivity contribution in [1.29, 1.82) is 5.26 Å². The lowest BCUT2D eigenvalue weighted by Gasteiger charge is -2.32. The van der Waals surface area contributed by atoms with Gasteiger partial charge in [0, 0.05) is 68.8 Å². The summed E-state index contributed by atoms with van der Waals surface area (Å²) in [6.07, 6.45) is 7.86. The van der Waals surface area contributed by atoms with E-state index in [2.05, 4.69) is 26.3 Å². The summed E-state index contributed by atoms with van der Waals surface area (Å²) in [5.41, 5.74) is 4.67. The number of nitrogens with one attached hydrogen (secondary N) is 1. The van der Waals surface area contributed by atoms with Gasteiger partial charge in [-0.05, 0) is 80.2 Å². The van der Waals surface area contributed by atoms with Gasteiger partial charge in [-0.1, -0.05) is 18.2 Å². The van der Waals surface area contributed by atoms with E-state index in [1.54, 1.807) is 6.07 Å². The first-order valence-corrected chi connectivity index (χ1v) is 15.2. The number of hydrogen-bond acceptors (Lipinski definition) is 7. The van der Waals surface area contributed by atoms with Gasteiger partial charge < -0.3 is 9.73 Å². The summed E-state index contributed by atoms with van der Waals surface area (Å²) in [6, 6.07) is 17.5. The summed E-state index contributed by atoms with van der Waals surface area (Å²) in [4.78, 5) is 30.9. The lowest BCUT2D eigenvalue weighted by molar-refractivity contribution is -0.123. The van der Waals surface area contributed by atoms with Gasteiger partial charge in [0.25, 0.3) is 5.91 Å². The van der Waals surface area contributed by atoms with Gasteiger partial charge in [0.1, 0.15) is 11.4 Å². The maximum absolute atomic E-state index is 13.1. The van der Waals surface area contributed by atoms with Gasteiger partial charge in [-0.15, -0.1) is 0 Å². The molecule has 2 aliphatic heterocycles. The molecule has 0 bridgehead atoms. The second-order valence-corrected chi connectivity index (χ2v) is 12.0. The Morgan fingerprint density at radius 2 is 1.60 bits per heavy atom. The van der Waals surface area contributed by atoms with Crippen LogP contribution in [-0.4, -0.2) is 63.5 Å². The van der Waals surface area contributed by atoms with E-state index in [1.165, 1.54) is 11.1 Å². The Kier molecular flexibility index (Phi) is 8.68. The molecular weight excluding hydrogens is 540 g/mol. The monoisotopic (exact) mass is 578 g/mol. The first-order chi connectivity index (χ1) is 20.9. The molecular formula is C34H38N6O3. The molecule has 1 amide bonds. The largest absolute Gasteiger partial charge is 0.451 e. The molecule has 0 unspecified atom stereocenters. The average molecular weight is 579 g/mol. The number of furan rings is 1. The van der Waals surface area contributed by atoms with Crippen molar-refractivity contribution in [3.05, 3.63) is 88.9 Å². The number of fused-ring (bicyclic) bond motifs is 1. The molecule has 2 aromatic heterocycles. The number of aryl methyl sites for hydroxylation is 1. The Balaban J connectivity index is 0.971. The van der Waals surface area contributed by atoms with Crippen LogP contribution >= 0.6 is 0 Å². The zero-order chi connectivity index (χ0) is 29.8. The van der Waals surface area contributed by atoms with Gasteiger partial charge >= 0.3 is 0 Å². The predicted molar refractivity (Wildman–Crippen MR) is 163 cm³/mol. The number of nitrogens with zero attached hydrogens (tertiary/aromatic N) is 5. The molecule has 0 saturated carbocycles. The summed E-state index contributed by atoms with van der Waals surface area (Å²) in [7, 11) is 1.93. The zero-order valence-electron chi connectivity index (χ0n) is 24.7. The Bertz CT molecular complexity index is 1620. The Labute approximate surface area is 252 Å². The maximum atomic E-state index is 13.1. The minimum atomic E-state index is -0.197. The van der Waals surface area contributed by atoms with Crippen LogP contribution in [0.15, 0.2) is 65.3 Å². The number of carbonyl (C=O) groups excluding carboxylic acids is 2. The van der Waals surface area contributed by atoms with Gasteiger partial charge in [-0.3, -0.25) is 24.1 Å². The highest BCUT2D eigenvalue weighted by atomic mass is 16.3. The van der Waals surface area contributed by atoms with E-state index in [0.29, 0.717) is 23.3 Å². The Hall–Kier alpha value is -4.26. The first-order valence-electron chi connectivity index (χ1n) is 15.2. The molecule has 43 heavy (non-hydrogen) atoms. The minimum Gasteiger partial charge on any atom is -0.451 e. The van der Waals surface area contributed by atoms with Crippen LogP contribution in [0.4, 0.5) is 0 Å². The fourth-order valence-electron chi connectivity index (χ4n) is 6.32. The molecule has 2 aromatic carbocycles. The molecule has 9 nitrogen and oxygen atoms in total. The van der Waals surface area contributed by atoms with E-state index in [-0.39, 0.29) is 23.7 Å². The fourth-order valence-corrected chi connectivity index (χ4v) is 6.32. The quantitative estimate of drug-likeness (QED) is 0.313. The van der Waals surface area contributed by atoms with Crippen molar-refractivity contribution in [3.8, 4) is 6.07 Å². The second kappa shape index (κ2) is 12.9. The molecule has 0 aliphatic carbocycles. The SMILES string of the molecule is Cn1cc(CN2CCC(C(=O)Cc3ccc4oc(C(=O)NC5CCN(Cc6ccc(C#N)cc6)CC5)cc4c3)CC2)cn1. The van der Waals surface area contributed by atoms with Crippen molar-refractivity contribution in [2.75, 3.05) is 26.2 Å². The van der Waals surface area contributed by atoms with Gasteiger partial charge in [-0.25, -0.2) is 0 Å². The van der Waals surface area contributed by atoms with E-state index in [1.807, 2.05) is 66.6 Å². The Morgan fingerprint density at radius 1 is 0.930 bits per heavy atom. The number of nitriles is 1. The number of hydrogen-bond donors (Lipinski definition) is 1. The van der Waals surface area contributed by atoms with Gasteiger partial charge in [-0.2, -0.15) is 10.4 Å². The third-order valence-electron chi connectivity index (χ3n) is 8.80. The number of rotatable bonds is 9. The highest BCUT2D eigenvalue weighted by Crippen LogP contribution is 2.25. The second-order valence-electron chi connectivity index (χ2n) is 12.0. The number of likely N-dealkylation sites (tertiary alicyclic amines) is 2. The number of Topliss-reactive ketones (excluding diaryl/α,β-unsaturated/α-hetero) is 1. The van der Waals surface area contributed by atoms with Crippen LogP contribution in [0.3, 0.4) is 0 Å². The van der Waals surface area contributed by atoms with Crippen LogP contribution < -0.4 is 5.32 Å². The summed E-state index contributed by atoms with van der Waals surface area (Å²) >= 11 is 0.